The lowest BCUT2D eigenvalue weighted by Crippen LogP contribution is -2.39. The van der Waals surface area contributed by atoms with Gasteiger partial charge in [-0.15, -0.1) is 11.3 Å². The lowest BCUT2D eigenvalue weighted by Gasteiger charge is -2.21. The van der Waals surface area contributed by atoms with E-state index in [1.54, 1.807) is 11.3 Å². The first-order chi connectivity index (χ1) is 9.29. The van der Waals surface area contributed by atoms with Gasteiger partial charge in [-0.3, -0.25) is 4.99 Å². The Hall–Kier alpha value is -1.33. The minimum absolute atomic E-state index is 0.833. The first-order valence-electron chi connectivity index (χ1n) is 6.25. The van der Waals surface area contributed by atoms with Crippen molar-refractivity contribution in [3.05, 3.63) is 44.8 Å². The zero-order chi connectivity index (χ0) is 13.5. The van der Waals surface area contributed by atoms with E-state index < -0.39 is 0 Å². The van der Waals surface area contributed by atoms with E-state index in [1.165, 1.54) is 10.4 Å². The van der Waals surface area contributed by atoms with Crippen molar-refractivity contribution < 1.29 is 0 Å². The number of rotatable bonds is 5. The fourth-order valence-electron chi connectivity index (χ4n) is 1.80. The van der Waals surface area contributed by atoms with Crippen molar-refractivity contribution in [1.29, 1.82) is 0 Å². The van der Waals surface area contributed by atoms with Crippen LogP contribution in [0.2, 0.25) is 0 Å². The number of thiophene rings is 2. The third kappa shape index (κ3) is 4.36. The summed E-state index contributed by atoms with van der Waals surface area (Å²) in [4.78, 5) is 7.92. The molecule has 0 radical (unpaired) electrons. The van der Waals surface area contributed by atoms with E-state index in [4.69, 9.17) is 0 Å². The van der Waals surface area contributed by atoms with Crippen molar-refractivity contribution in [1.82, 2.24) is 10.2 Å². The van der Waals surface area contributed by atoms with Gasteiger partial charge in [-0.2, -0.15) is 11.3 Å². The van der Waals surface area contributed by atoms with E-state index in [0.717, 1.165) is 25.5 Å². The molecule has 0 fully saturated rings. The molecule has 1 N–H and O–H groups in total. The molecule has 0 amide bonds. The Morgan fingerprint density at radius 1 is 1.37 bits per heavy atom. The summed E-state index contributed by atoms with van der Waals surface area (Å²) in [5.41, 5.74) is 1.30. The number of guanidine groups is 1. The Balaban J connectivity index is 1.80. The SMILES string of the molecule is CN=C(NCc1ccsc1)N(C)CCc1cccs1. The first kappa shape index (κ1) is 14.1. The average molecular weight is 293 g/mol. The zero-order valence-electron chi connectivity index (χ0n) is 11.3. The summed E-state index contributed by atoms with van der Waals surface area (Å²) in [6, 6.07) is 6.42. The molecule has 0 aliphatic rings. The average Bonchev–Trinajstić information content (AvgIpc) is 3.10. The van der Waals surface area contributed by atoms with E-state index in [-0.39, 0.29) is 0 Å². The Bertz CT molecular complexity index is 489. The maximum atomic E-state index is 4.33. The van der Waals surface area contributed by atoms with Gasteiger partial charge in [0.15, 0.2) is 5.96 Å². The molecule has 2 heterocycles. The van der Waals surface area contributed by atoms with E-state index >= 15 is 0 Å². The normalized spacial score (nSPS) is 11.6. The molecular weight excluding hydrogens is 274 g/mol. The quantitative estimate of drug-likeness (QED) is 0.678. The topological polar surface area (TPSA) is 27.6 Å². The van der Waals surface area contributed by atoms with Gasteiger partial charge in [0.1, 0.15) is 0 Å². The number of nitrogens with one attached hydrogen (secondary N) is 1. The van der Waals surface area contributed by atoms with Crippen molar-refractivity contribution in [3.63, 3.8) is 0 Å². The van der Waals surface area contributed by atoms with Crippen LogP contribution in [0, 0.1) is 0 Å². The highest BCUT2D eigenvalue weighted by atomic mass is 32.1. The molecule has 102 valence electrons. The third-order valence-corrected chi connectivity index (χ3v) is 4.55. The number of hydrogen-bond donors (Lipinski definition) is 1. The van der Waals surface area contributed by atoms with E-state index in [1.807, 2.05) is 18.4 Å². The minimum Gasteiger partial charge on any atom is -0.352 e. The van der Waals surface area contributed by atoms with Crippen molar-refractivity contribution in [3.8, 4) is 0 Å². The maximum Gasteiger partial charge on any atom is 0.193 e. The van der Waals surface area contributed by atoms with Gasteiger partial charge in [0.05, 0.1) is 0 Å². The highest BCUT2D eigenvalue weighted by molar-refractivity contribution is 7.09. The summed E-state index contributed by atoms with van der Waals surface area (Å²) < 4.78 is 0. The van der Waals surface area contributed by atoms with Crippen LogP contribution in [0.5, 0.6) is 0 Å². The van der Waals surface area contributed by atoms with Crippen molar-refractivity contribution >= 4 is 28.6 Å². The van der Waals surface area contributed by atoms with Gasteiger partial charge in [-0.05, 0) is 40.3 Å². The highest BCUT2D eigenvalue weighted by Crippen LogP contribution is 2.09. The monoisotopic (exact) mass is 293 g/mol. The van der Waals surface area contributed by atoms with Gasteiger partial charge in [0.2, 0.25) is 0 Å². The standard InChI is InChI=1S/C14H19N3S2/c1-15-14(16-10-12-6-9-18-11-12)17(2)7-5-13-4-3-8-19-13/h3-4,6,8-9,11H,5,7,10H2,1-2H3,(H,15,16). The van der Waals surface area contributed by atoms with Gasteiger partial charge in [-0.1, -0.05) is 6.07 Å². The van der Waals surface area contributed by atoms with Gasteiger partial charge in [0, 0.05) is 32.1 Å². The molecule has 0 aromatic carbocycles. The molecule has 5 heteroatoms. The number of likely N-dealkylation sites (N-methyl/N-ethyl adjacent to an activating group) is 1. The molecule has 0 saturated heterocycles. The van der Waals surface area contributed by atoms with Crippen molar-refractivity contribution in [2.45, 2.75) is 13.0 Å². The summed E-state index contributed by atoms with van der Waals surface area (Å²) in [7, 11) is 3.91. The summed E-state index contributed by atoms with van der Waals surface area (Å²) in [5, 5.41) is 9.77. The molecular formula is C14H19N3S2. The van der Waals surface area contributed by atoms with Crippen LogP contribution in [-0.4, -0.2) is 31.5 Å². The van der Waals surface area contributed by atoms with Crippen LogP contribution >= 0.6 is 22.7 Å². The Morgan fingerprint density at radius 2 is 2.26 bits per heavy atom. The molecule has 0 aliphatic carbocycles. The van der Waals surface area contributed by atoms with Gasteiger partial charge >= 0.3 is 0 Å². The number of aliphatic imine (C=N–C) groups is 1. The second-order valence-electron chi connectivity index (χ2n) is 4.28. The predicted octanol–water partition coefficient (Wildman–Crippen LogP) is 3.06. The van der Waals surface area contributed by atoms with Crippen LogP contribution in [0.4, 0.5) is 0 Å². The van der Waals surface area contributed by atoms with Crippen LogP contribution in [0.3, 0.4) is 0 Å². The smallest absolute Gasteiger partial charge is 0.193 e. The van der Waals surface area contributed by atoms with Crippen LogP contribution in [-0.2, 0) is 13.0 Å². The summed E-state index contributed by atoms with van der Waals surface area (Å²) >= 11 is 3.53. The molecule has 2 aromatic rings. The minimum atomic E-state index is 0.833. The summed E-state index contributed by atoms with van der Waals surface area (Å²) in [5.74, 6) is 0.947. The molecule has 19 heavy (non-hydrogen) atoms. The zero-order valence-corrected chi connectivity index (χ0v) is 12.9. The van der Waals surface area contributed by atoms with E-state index in [2.05, 4.69) is 56.6 Å². The molecule has 3 nitrogen and oxygen atoms in total. The highest BCUT2D eigenvalue weighted by Gasteiger charge is 2.06. The van der Waals surface area contributed by atoms with E-state index in [9.17, 15) is 0 Å². The third-order valence-electron chi connectivity index (χ3n) is 2.88. The Labute approximate surface area is 122 Å². The van der Waals surface area contributed by atoms with Crippen LogP contribution in [0.15, 0.2) is 39.3 Å². The summed E-state index contributed by atoms with van der Waals surface area (Å²) in [6.07, 6.45) is 1.06. The fourth-order valence-corrected chi connectivity index (χ4v) is 3.16. The number of nitrogens with zero attached hydrogens (tertiary/aromatic N) is 2. The van der Waals surface area contributed by atoms with Crippen LogP contribution in [0.25, 0.3) is 0 Å². The summed E-state index contributed by atoms with van der Waals surface area (Å²) in [6.45, 7) is 1.81. The lowest BCUT2D eigenvalue weighted by molar-refractivity contribution is 0.486. The Kier molecular flexibility index (Phi) is 5.42. The first-order valence-corrected chi connectivity index (χ1v) is 8.07. The molecule has 2 rings (SSSR count). The molecule has 0 atom stereocenters. The van der Waals surface area contributed by atoms with Gasteiger partial charge in [-0.25, -0.2) is 0 Å². The van der Waals surface area contributed by atoms with Crippen molar-refractivity contribution in [2.24, 2.45) is 4.99 Å². The van der Waals surface area contributed by atoms with Gasteiger partial charge in [0.25, 0.3) is 0 Å². The molecule has 0 saturated carbocycles. The van der Waals surface area contributed by atoms with E-state index in [0.29, 0.717) is 0 Å². The molecule has 0 bridgehead atoms. The molecule has 0 spiro atoms. The maximum absolute atomic E-state index is 4.33. The molecule has 0 aliphatic heterocycles. The lowest BCUT2D eigenvalue weighted by atomic mass is 10.3. The second kappa shape index (κ2) is 7.31. The largest absolute Gasteiger partial charge is 0.352 e. The molecule has 0 unspecified atom stereocenters. The number of hydrogen-bond acceptors (Lipinski definition) is 3. The van der Waals surface area contributed by atoms with Gasteiger partial charge < -0.3 is 10.2 Å². The Morgan fingerprint density at radius 3 is 2.89 bits per heavy atom. The molecule has 2 aromatic heterocycles. The van der Waals surface area contributed by atoms with Crippen molar-refractivity contribution in [2.75, 3.05) is 20.6 Å². The second-order valence-corrected chi connectivity index (χ2v) is 6.10. The predicted molar refractivity (Wildman–Crippen MR) is 85.2 cm³/mol. The van der Waals surface area contributed by atoms with Crippen LogP contribution < -0.4 is 5.32 Å². The van der Waals surface area contributed by atoms with Crippen LogP contribution in [0.1, 0.15) is 10.4 Å². The fraction of sp³-hybridized carbons (Fsp3) is 0.357.